The van der Waals surface area contributed by atoms with Crippen molar-refractivity contribution < 1.29 is 0 Å². The Hall–Kier alpha value is -2.08. The first kappa shape index (κ1) is 10.1. The number of aryl methyl sites for hydroxylation is 1. The summed E-state index contributed by atoms with van der Waals surface area (Å²) in [5.41, 5.74) is 10.3. The molecule has 0 saturated carbocycles. The minimum Gasteiger partial charge on any atom is -0.394 e. The molecule has 86 valence electrons. The summed E-state index contributed by atoms with van der Waals surface area (Å²) in [6.07, 6.45) is 1.77. The number of nitrogens with one attached hydrogen (secondary N) is 1. The number of hydrogen-bond acceptors (Lipinski definition) is 5. The second-order valence-electron chi connectivity index (χ2n) is 3.77. The highest BCUT2D eigenvalue weighted by atomic mass is 32.1. The van der Waals surface area contributed by atoms with E-state index in [4.69, 9.17) is 5.73 Å². The number of aromatic nitrogens is 3. The number of nitrogen functional groups attached to an aromatic ring is 1. The van der Waals surface area contributed by atoms with Crippen molar-refractivity contribution in [3.63, 3.8) is 0 Å². The Morgan fingerprint density at radius 3 is 3.06 bits per heavy atom. The van der Waals surface area contributed by atoms with Crippen LogP contribution >= 0.6 is 11.3 Å². The smallest absolute Gasteiger partial charge is 0.175 e. The molecule has 3 aromatic rings. The zero-order chi connectivity index (χ0) is 11.8. The van der Waals surface area contributed by atoms with Crippen molar-refractivity contribution in [1.29, 1.82) is 0 Å². The fourth-order valence-corrected chi connectivity index (χ4v) is 2.39. The van der Waals surface area contributed by atoms with Gasteiger partial charge in [0.1, 0.15) is 0 Å². The first-order chi connectivity index (χ1) is 8.22. The summed E-state index contributed by atoms with van der Waals surface area (Å²) in [7, 11) is 1.84. The van der Waals surface area contributed by atoms with Gasteiger partial charge in [-0.1, -0.05) is 0 Å². The van der Waals surface area contributed by atoms with E-state index in [1.165, 1.54) is 0 Å². The Bertz CT molecular complexity index is 669. The summed E-state index contributed by atoms with van der Waals surface area (Å²) < 4.78 is 2.83. The normalized spacial score (nSPS) is 10.9. The molecule has 0 atom stereocenters. The van der Waals surface area contributed by atoms with E-state index in [0.29, 0.717) is 11.5 Å². The number of rotatable bonds is 2. The number of anilines is 3. The Balaban J connectivity index is 1.96. The molecule has 17 heavy (non-hydrogen) atoms. The summed E-state index contributed by atoms with van der Waals surface area (Å²) in [6.45, 7) is 0. The molecule has 0 fully saturated rings. The predicted octanol–water partition coefficient (Wildman–Crippen LogP) is 2.36. The van der Waals surface area contributed by atoms with E-state index in [1.807, 2.05) is 30.8 Å². The van der Waals surface area contributed by atoms with Gasteiger partial charge in [0.05, 0.1) is 21.4 Å². The number of nitrogens with two attached hydrogens (primary N) is 1. The zero-order valence-corrected chi connectivity index (χ0v) is 10.0. The molecule has 0 unspecified atom stereocenters. The number of thiazole rings is 1. The van der Waals surface area contributed by atoms with Crippen LogP contribution in [0.1, 0.15) is 0 Å². The molecule has 2 heterocycles. The highest BCUT2D eigenvalue weighted by Crippen LogP contribution is 2.25. The van der Waals surface area contributed by atoms with Crippen molar-refractivity contribution >= 4 is 38.7 Å². The third-order valence-corrected chi connectivity index (χ3v) is 3.24. The third kappa shape index (κ3) is 1.83. The van der Waals surface area contributed by atoms with E-state index in [9.17, 15) is 0 Å². The molecule has 0 amide bonds. The minimum absolute atomic E-state index is 0.636. The van der Waals surface area contributed by atoms with Crippen LogP contribution in [-0.2, 0) is 7.05 Å². The fraction of sp³-hybridized carbons (Fsp3) is 0.0909. The maximum absolute atomic E-state index is 5.83. The van der Waals surface area contributed by atoms with Crippen LogP contribution in [0, 0.1) is 0 Å². The van der Waals surface area contributed by atoms with Crippen LogP contribution in [0.5, 0.6) is 0 Å². The first-order valence-electron chi connectivity index (χ1n) is 5.12. The van der Waals surface area contributed by atoms with E-state index in [0.717, 1.165) is 15.9 Å². The van der Waals surface area contributed by atoms with E-state index in [1.54, 1.807) is 22.2 Å². The highest BCUT2D eigenvalue weighted by Gasteiger charge is 2.05. The van der Waals surface area contributed by atoms with E-state index in [-0.39, 0.29) is 0 Å². The molecule has 0 saturated heterocycles. The van der Waals surface area contributed by atoms with E-state index in [2.05, 4.69) is 15.4 Å². The van der Waals surface area contributed by atoms with Gasteiger partial charge in [0.25, 0.3) is 0 Å². The second kappa shape index (κ2) is 3.74. The maximum Gasteiger partial charge on any atom is 0.175 e. The van der Waals surface area contributed by atoms with Gasteiger partial charge in [0.15, 0.2) is 5.82 Å². The molecule has 2 aromatic heterocycles. The Morgan fingerprint density at radius 2 is 2.29 bits per heavy atom. The molecule has 6 heteroatoms. The van der Waals surface area contributed by atoms with Crippen molar-refractivity contribution in [2.75, 3.05) is 11.1 Å². The van der Waals surface area contributed by atoms with Crippen molar-refractivity contribution in [3.8, 4) is 0 Å². The Kier molecular flexibility index (Phi) is 2.22. The summed E-state index contributed by atoms with van der Waals surface area (Å²) in [5, 5.41) is 7.44. The topological polar surface area (TPSA) is 68.8 Å². The highest BCUT2D eigenvalue weighted by molar-refractivity contribution is 7.16. The van der Waals surface area contributed by atoms with Gasteiger partial charge in [-0.2, -0.15) is 5.10 Å². The van der Waals surface area contributed by atoms with Crippen LogP contribution in [0.15, 0.2) is 29.9 Å². The lowest BCUT2D eigenvalue weighted by Crippen LogP contribution is -1.95. The zero-order valence-electron chi connectivity index (χ0n) is 9.21. The molecule has 3 rings (SSSR count). The quantitative estimate of drug-likeness (QED) is 0.727. The van der Waals surface area contributed by atoms with E-state index < -0.39 is 0 Å². The molecule has 0 aliphatic rings. The second-order valence-corrected chi connectivity index (χ2v) is 4.65. The lowest BCUT2D eigenvalue weighted by molar-refractivity contribution is 0.771. The summed E-state index contributed by atoms with van der Waals surface area (Å²) >= 11 is 1.61. The average Bonchev–Trinajstić information content (AvgIpc) is 2.85. The molecule has 0 aliphatic carbocycles. The first-order valence-corrected chi connectivity index (χ1v) is 6.00. The lowest BCUT2D eigenvalue weighted by Gasteiger charge is -2.03. The van der Waals surface area contributed by atoms with Gasteiger partial charge in [0, 0.05) is 18.9 Å². The van der Waals surface area contributed by atoms with Crippen molar-refractivity contribution in [1.82, 2.24) is 14.8 Å². The van der Waals surface area contributed by atoms with Crippen LogP contribution in [0.2, 0.25) is 0 Å². The van der Waals surface area contributed by atoms with Crippen molar-refractivity contribution in [2.45, 2.75) is 0 Å². The minimum atomic E-state index is 0.636. The van der Waals surface area contributed by atoms with Crippen LogP contribution in [-0.4, -0.2) is 14.8 Å². The largest absolute Gasteiger partial charge is 0.394 e. The molecule has 0 bridgehead atoms. The predicted molar refractivity (Wildman–Crippen MR) is 70.5 cm³/mol. The number of fused-ring (bicyclic) bond motifs is 1. The van der Waals surface area contributed by atoms with Gasteiger partial charge < -0.3 is 11.1 Å². The number of nitrogens with zero attached hydrogens (tertiary/aromatic N) is 3. The number of hydrogen-bond donors (Lipinski definition) is 2. The monoisotopic (exact) mass is 245 g/mol. The van der Waals surface area contributed by atoms with Crippen LogP contribution in [0.3, 0.4) is 0 Å². The van der Waals surface area contributed by atoms with Crippen LogP contribution < -0.4 is 11.1 Å². The van der Waals surface area contributed by atoms with Crippen LogP contribution in [0.25, 0.3) is 10.2 Å². The fourth-order valence-electron chi connectivity index (χ4n) is 1.67. The summed E-state index contributed by atoms with van der Waals surface area (Å²) in [4.78, 5) is 4.23. The van der Waals surface area contributed by atoms with Gasteiger partial charge in [-0.25, -0.2) is 4.98 Å². The molecular weight excluding hydrogens is 234 g/mol. The van der Waals surface area contributed by atoms with Gasteiger partial charge in [-0.15, -0.1) is 11.3 Å². The van der Waals surface area contributed by atoms with Crippen molar-refractivity contribution in [3.05, 3.63) is 29.9 Å². The lowest BCUT2D eigenvalue weighted by atomic mass is 10.3. The van der Waals surface area contributed by atoms with Gasteiger partial charge >= 0.3 is 0 Å². The maximum atomic E-state index is 5.83. The molecular formula is C11H11N5S. The van der Waals surface area contributed by atoms with Gasteiger partial charge in [-0.05, 0) is 18.2 Å². The molecule has 3 N–H and O–H groups in total. The van der Waals surface area contributed by atoms with Gasteiger partial charge in [0.2, 0.25) is 0 Å². The Morgan fingerprint density at radius 1 is 1.41 bits per heavy atom. The SMILES string of the molecule is Cn1cc(N)c(Nc2ccc3ncsc3c2)n1. The summed E-state index contributed by atoms with van der Waals surface area (Å²) in [6, 6.07) is 5.99. The van der Waals surface area contributed by atoms with Crippen molar-refractivity contribution in [2.24, 2.45) is 7.05 Å². The molecule has 1 aromatic carbocycles. The Labute approximate surface area is 102 Å². The molecule has 5 nitrogen and oxygen atoms in total. The molecule has 0 aliphatic heterocycles. The molecule has 0 radical (unpaired) electrons. The summed E-state index contributed by atoms with van der Waals surface area (Å²) in [5.74, 6) is 0.677. The third-order valence-electron chi connectivity index (χ3n) is 2.45. The molecule has 0 spiro atoms. The number of benzene rings is 1. The van der Waals surface area contributed by atoms with Gasteiger partial charge in [-0.3, -0.25) is 4.68 Å². The van der Waals surface area contributed by atoms with E-state index >= 15 is 0 Å². The van der Waals surface area contributed by atoms with Crippen LogP contribution in [0.4, 0.5) is 17.2 Å². The average molecular weight is 245 g/mol. The standard InChI is InChI=1S/C11H11N5S/c1-16-5-8(12)11(15-16)14-7-2-3-9-10(4-7)17-6-13-9/h2-6H,12H2,1H3,(H,14,15).